The Morgan fingerprint density at radius 3 is 2.38 bits per heavy atom. The molecule has 0 saturated carbocycles. The van der Waals surface area contributed by atoms with E-state index >= 15 is 0 Å². The van der Waals surface area contributed by atoms with Gasteiger partial charge in [-0.2, -0.15) is 4.31 Å². The summed E-state index contributed by atoms with van der Waals surface area (Å²) in [5.74, 6) is 2.34. The summed E-state index contributed by atoms with van der Waals surface area (Å²) in [5, 5.41) is 11.8. The molecule has 2 heterocycles. The molecule has 1 fully saturated rings. The maximum atomic E-state index is 12.3. The van der Waals surface area contributed by atoms with Crippen molar-refractivity contribution in [3.63, 3.8) is 0 Å². The van der Waals surface area contributed by atoms with Gasteiger partial charge in [0, 0.05) is 53.2 Å². The fourth-order valence-corrected chi connectivity index (χ4v) is 3.24. The van der Waals surface area contributed by atoms with Gasteiger partial charge in [-0.3, -0.25) is 0 Å². The largest absolute Gasteiger partial charge is 0.411 e. The van der Waals surface area contributed by atoms with Gasteiger partial charge in [-0.15, -0.1) is 6.42 Å². The van der Waals surface area contributed by atoms with Crippen LogP contribution in [0.2, 0.25) is 0 Å². The summed E-state index contributed by atoms with van der Waals surface area (Å²) in [5.41, 5.74) is 1.01. The molecule has 0 unspecified atom stereocenters. The van der Waals surface area contributed by atoms with Crippen LogP contribution in [0.1, 0.15) is 18.5 Å². The molecule has 21 heavy (non-hydrogen) atoms. The second-order valence-corrected chi connectivity index (χ2v) is 6.03. The molecule has 0 atom stereocenters. The van der Waals surface area contributed by atoms with E-state index < -0.39 is 10.0 Å². The summed E-state index contributed by atoms with van der Waals surface area (Å²) >= 11 is 0. The van der Waals surface area contributed by atoms with Crippen molar-refractivity contribution in [1.82, 2.24) is 9.29 Å². The van der Waals surface area contributed by atoms with Gasteiger partial charge in [0.1, 0.15) is 10.6 Å². The fourth-order valence-electron chi connectivity index (χ4n) is 1.85. The van der Waals surface area contributed by atoms with Gasteiger partial charge in [-0.05, 0) is 12.1 Å². The van der Waals surface area contributed by atoms with Gasteiger partial charge >= 0.3 is 0 Å². The second kappa shape index (κ2) is 8.28. The molecular formula is C13H16N3O3SW-. The van der Waals surface area contributed by atoms with Crippen LogP contribution in [0, 0.1) is 19.8 Å². The van der Waals surface area contributed by atoms with Crippen LogP contribution in [0.15, 0.2) is 28.4 Å². The number of piperidine rings is 1. The average molecular weight is 478 g/mol. The normalized spacial score (nSPS) is 15.3. The Bertz CT molecular complexity index is 626. The Kier molecular flexibility index (Phi) is 7.80. The number of terminal acetylenes is 1. The predicted molar refractivity (Wildman–Crippen MR) is 75.8 cm³/mol. The van der Waals surface area contributed by atoms with Crippen molar-refractivity contribution in [1.29, 1.82) is 0 Å². The van der Waals surface area contributed by atoms with Crippen LogP contribution >= 0.6 is 0 Å². The van der Waals surface area contributed by atoms with E-state index in [1.165, 1.54) is 22.6 Å². The molecule has 1 aliphatic heterocycles. The molecule has 2 rings (SSSR count). The van der Waals surface area contributed by atoms with Crippen molar-refractivity contribution in [2.75, 3.05) is 13.1 Å². The summed E-state index contributed by atoms with van der Waals surface area (Å²) < 4.78 is 26.0. The SMILES string of the molecule is C#Cc1ccc(S(=O)(=O)N2CCC(=NO)CC2)cn1.[CH3-].[W]. The monoisotopic (exact) mass is 478 g/mol. The van der Waals surface area contributed by atoms with Crippen molar-refractivity contribution in [3.8, 4) is 12.3 Å². The van der Waals surface area contributed by atoms with Gasteiger partial charge in [0.2, 0.25) is 10.0 Å². The number of sulfonamides is 1. The maximum Gasteiger partial charge on any atom is 0.244 e. The topological polar surface area (TPSA) is 82.9 Å². The van der Waals surface area contributed by atoms with E-state index in [9.17, 15) is 8.42 Å². The number of hydrogen-bond donors (Lipinski definition) is 1. The summed E-state index contributed by atoms with van der Waals surface area (Å²) in [4.78, 5) is 4.00. The zero-order valence-electron chi connectivity index (χ0n) is 11.6. The standard InChI is InChI=1S/C12H13N3O3S.CH3.W/c1-2-10-3-4-12(9-13-10)19(17,18)15-7-5-11(14-16)6-8-15;;/h1,3-4,9,16H,5-8H2;1H3;/q;-1;. The van der Waals surface area contributed by atoms with Gasteiger partial charge in [-0.25, -0.2) is 13.4 Å². The molecule has 0 bridgehead atoms. The first-order valence-corrected chi connectivity index (χ1v) is 7.14. The number of rotatable bonds is 2. The van der Waals surface area contributed by atoms with E-state index in [0.29, 0.717) is 37.3 Å². The second-order valence-electron chi connectivity index (χ2n) is 4.09. The number of oxime groups is 1. The number of pyridine rings is 1. The molecule has 1 aromatic heterocycles. The smallest absolute Gasteiger partial charge is 0.244 e. The van der Waals surface area contributed by atoms with E-state index in [2.05, 4.69) is 16.1 Å². The van der Waals surface area contributed by atoms with Crippen molar-refractivity contribution in [2.45, 2.75) is 17.7 Å². The third-order valence-corrected chi connectivity index (χ3v) is 4.85. The van der Waals surface area contributed by atoms with E-state index in [4.69, 9.17) is 11.6 Å². The van der Waals surface area contributed by atoms with Gasteiger partial charge in [-0.1, -0.05) is 11.1 Å². The first-order chi connectivity index (χ1) is 9.07. The van der Waals surface area contributed by atoms with E-state index in [1.54, 1.807) is 0 Å². The van der Waals surface area contributed by atoms with E-state index in [-0.39, 0.29) is 33.4 Å². The minimum absolute atomic E-state index is 0. The Labute approximate surface area is 139 Å². The van der Waals surface area contributed by atoms with Crippen molar-refractivity contribution < 1.29 is 34.7 Å². The zero-order chi connectivity index (χ0) is 13.9. The fraction of sp³-hybridized carbons (Fsp3) is 0.308. The van der Waals surface area contributed by atoms with Crippen LogP contribution in [-0.4, -0.2) is 41.7 Å². The van der Waals surface area contributed by atoms with Crippen LogP contribution in [-0.2, 0) is 31.1 Å². The van der Waals surface area contributed by atoms with Crippen molar-refractivity contribution in [3.05, 3.63) is 31.5 Å². The Morgan fingerprint density at radius 1 is 1.33 bits per heavy atom. The van der Waals surface area contributed by atoms with E-state index in [1.807, 2.05) is 0 Å². The molecule has 1 saturated heterocycles. The first kappa shape index (κ1) is 19.8. The first-order valence-electron chi connectivity index (χ1n) is 5.70. The number of nitrogens with zero attached hydrogens (tertiary/aromatic N) is 3. The maximum absolute atomic E-state index is 12.3. The minimum atomic E-state index is -3.55. The van der Waals surface area contributed by atoms with Crippen LogP contribution in [0.4, 0.5) is 0 Å². The molecular weight excluding hydrogens is 462 g/mol. The number of hydrogen-bond acceptors (Lipinski definition) is 5. The van der Waals surface area contributed by atoms with Crippen LogP contribution < -0.4 is 0 Å². The average Bonchev–Trinajstić information content (AvgIpc) is 2.47. The molecule has 1 aliphatic rings. The summed E-state index contributed by atoms with van der Waals surface area (Å²) in [6, 6.07) is 2.95. The van der Waals surface area contributed by atoms with Gasteiger partial charge < -0.3 is 12.6 Å². The quantitative estimate of drug-likeness (QED) is 0.299. The van der Waals surface area contributed by atoms with E-state index in [0.717, 1.165) is 0 Å². The molecule has 6 nitrogen and oxygen atoms in total. The molecule has 0 spiro atoms. The molecule has 8 heteroatoms. The molecule has 0 aliphatic carbocycles. The minimum Gasteiger partial charge on any atom is -0.411 e. The van der Waals surface area contributed by atoms with Crippen LogP contribution in [0.25, 0.3) is 0 Å². The summed E-state index contributed by atoms with van der Waals surface area (Å²) in [7, 11) is -3.55. The van der Waals surface area contributed by atoms with Crippen molar-refractivity contribution >= 4 is 15.7 Å². The van der Waals surface area contributed by atoms with Gasteiger partial charge in [0.25, 0.3) is 0 Å². The summed E-state index contributed by atoms with van der Waals surface area (Å²) in [6.45, 7) is 0.608. The zero-order valence-corrected chi connectivity index (χ0v) is 15.3. The predicted octanol–water partition coefficient (Wildman–Crippen LogP) is 1.13. The molecule has 1 aromatic rings. The van der Waals surface area contributed by atoms with Gasteiger partial charge in [0.05, 0.1) is 5.71 Å². The molecule has 0 radical (unpaired) electrons. The number of aromatic nitrogens is 1. The van der Waals surface area contributed by atoms with Crippen LogP contribution in [0.3, 0.4) is 0 Å². The summed E-state index contributed by atoms with van der Waals surface area (Å²) in [6.07, 6.45) is 7.31. The third-order valence-electron chi connectivity index (χ3n) is 2.96. The molecule has 1 N–H and O–H groups in total. The molecule has 0 amide bonds. The van der Waals surface area contributed by atoms with Crippen molar-refractivity contribution in [2.24, 2.45) is 5.16 Å². The van der Waals surface area contributed by atoms with Crippen LogP contribution in [0.5, 0.6) is 0 Å². The Morgan fingerprint density at radius 2 is 1.95 bits per heavy atom. The molecule has 114 valence electrons. The third kappa shape index (κ3) is 4.37. The van der Waals surface area contributed by atoms with Gasteiger partial charge in [0.15, 0.2) is 0 Å². The Balaban J connectivity index is 0.00000200. The Hall–Kier alpha value is -1.22. The molecule has 0 aromatic carbocycles.